The molecule has 32 heavy (non-hydrogen) atoms. The van der Waals surface area contributed by atoms with Crippen LogP contribution in [-0.2, 0) is 0 Å². The topological polar surface area (TPSA) is 67.4 Å². The highest BCUT2D eigenvalue weighted by atomic mass is 35.5. The monoisotopic (exact) mass is 478 g/mol. The van der Waals surface area contributed by atoms with Crippen LogP contribution in [0.1, 0.15) is 27.0 Å². The van der Waals surface area contributed by atoms with Gasteiger partial charge in [-0.15, -0.1) is 0 Å². The van der Waals surface area contributed by atoms with Crippen LogP contribution in [0.15, 0.2) is 42.5 Å². The van der Waals surface area contributed by atoms with Crippen LogP contribution in [0.4, 0.5) is 19.3 Å². The average molecular weight is 479 g/mol. The first-order valence-electron chi connectivity index (χ1n) is 9.38. The third-order valence-corrected chi connectivity index (χ3v) is 5.36. The van der Waals surface area contributed by atoms with Gasteiger partial charge >= 0.3 is 6.03 Å². The number of benzene rings is 3. The lowest BCUT2D eigenvalue weighted by Crippen LogP contribution is -2.35. The summed E-state index contributed by atoms with van der Waals surface area (Å²) in [4.78, 5) is 24.4. The lowest BCUT2D eigenvalue weighted by atomic mass is 10.1. The van der Waals surface area contributed by atoms with Crippen LogP contribution in [0, 0.1) is 32.4 Å². The number of anilines is 1. The molecule has 3 aromatic rings. The maximum absolute atomic E-state index is 13.8. The predicted octanol–water partition coefficient (Wildman–Crippen LogP) is 6.95. The lowest BCUT2D eigenvalue weighted by molar-refractivity contribution is 0.0959. The molecule has 0 bridgehead atoms. The molecule has 0 saturated carbocycles. The number of hydrogen-bond donors (Lipinski definition) is 2. The third-order valence-electron chi connectivity index (χ3n) is 4.67. The van der Waals surface area contributed by atoms with Gasteiger partial charge in [-0.3, -0.25) is 10.1 Å². The molecular formula is C23H18Cl2F2N2O3. The third kappa shape index (κ3) is 5.00. The molecule has 0 aliphatic heterocycles. The standard InChI is InChI=1S/C23H18Cl2F2N2O3/c1-11-9-14(24)7-8-18(11)32-21-12(2)10-17(13(3)20(21)25)28-23(31)29-22(30)19-15(26)5-4-6-16(19)27/h4-10H,1-3H3,(H2,28,29,30,31). The molecule has 3 amide bonds. The van der Waals surface area contributed by atoms with Gasteiger partial charge in [0.2, 0.25) is 0 Å². The van der Waals surface area contributed by atoms with Crippen LogP contribution < -0.4 is 15.4 Å². The highest BCUT2D eigenvalue weighted by Crippen LogP contribution is 2.40. The Morgan fingerprint density at radius 2 is 1.59 bits per heavy atom. The second-order valence-corrected chi connectivity index (χ2v) is 7.84. The van der Waals surface area contributed by atoms with Crippen molar-refractivity contribution in [3.8, 4) is 11.5 Å². The first-order valence-corrected chi connectivity index (χ1v) is 10.1. The highest BCUT2D eigenvalue weighted by Gasteiger charge is 2.21. The van der Waals surface area contributed by atoms with Gasteiger partial charge in [0.15, 0.2) is 0 Å². The van der Waals surface area contributed by atoms with Crippen molar-refractivity contribution in [1.82, 2.24) is 5.32 Å². The van der Waals surface area contributed by atoms with Crippen molar-refractivity contribution in [3.63, 3.8) is 0 Å². The number of carbonyl (C=O) groups excluding carboxylic acids is 2. The second kappa shape index (κ2) is 9.54. The van der Waals surface area contributed by atoms with E-state index in [1.54, 1.807) is 38.1 Å². The molecule has 0 aliphatic carbocycles. The van der Waals surface area contributed by atoms with Gasteiger partial charge < -0.3 is 10.1 Å². The van der Waals surface area contributed by atoms with Crippen molar-refractivity contribution in [2.75, 3.05) is 5.32 Å². The molecule has 3 aromatic carbocycles. The summed E-state index contributed by atoms with van der Waals surface area (Å²) in [7, 11) is 0. The SMILES string of the molecule is Cc1cc(Cl)ccc1Oc1c(C)cc(NC(=O)NC(=O)c2c(F)cccc2F)c(C)c1Cl. The number of ether oxygens (including phenoxy) is 1. The number of imide groups is 1. The maximum atomic E-state index is 13.8. The predicted molar refractivity (Wildman–Crippen MR) is 120 cm³/mol. The van der Waals surface area contributed by atoms with E-state index >= 15 is 0 Å². The zero-order valence-electron chi connectivity index (χ0n) is 17.3. The molecule has 0 unspecified atom stereocenters. The maximum Gasteiger partial charge on any atom is 0.326 e. The fourth-order valence-corrected chi connectivity index (χ4v) is 3.49. The van der Waals surface area contributed by atoms with Crippen molar-refractivity contribution in [2.45, 2.75) is 20.8 Å². The fraction of sp³-hybridized carbons (Fsp3) is 0.130. The summed E-state index contributed by atoms with van der Waals surface area (Å²) in [5.74, 6) is -2.41. The number of nitrogens with one attached hydrogen (secondary N) is 2. The van der Waals surface area contributed by atoms with Crippen molar-refractivity contribution >= 4 is 40.8 Å². The molecule has 5 nitrogen and oxygen atoms in total. The summed E-state index contributed by atoms with van der Waals surface area (Å²) >= 11 is 12.5. The van der Waals surface area contributed by atoms with E-state index < -0.39 is 29.1 Å². The molecule has 0 aromatic heterocycles. The van der Waals surface area contributed by atoms with E-state index in [2.05, 4.69) is 5.32 Å². The summed E-state index contributed by atoms with van der Waals surface area (Å²) in [6.45, 7) is 5.22. The molecule has 0 radical (unpaired) electrons. The first-order chi connectivity index (χ1) is 15.1. The second-order valence-electron chi connectivity index (χ2n) is 7.03. The van der Waals surface area contributed by atoms with Gasteiger partial charge in [-0.05, 0) is 73.9 Å². The van der Waals surface area contributed by atoms with Crippen molar-refractivity contribution in [1.29, 1.82) is 0 Å². The van der Waals surface area contributed by atoms with E-state index in [1.807, 2.05) is 12.2 Å². The van der Waals surface area contributed by atoms with Gasteiger partial charge in [0.25, 0.3) is 5.91 Å². The minimum atomic E-state index is -1.21. The van der Waals surface area contributed by atoms with Crippen LogP contribution in [0.5, 0.6) is 11.5 Å². The van der Waals surface area contributed by atoms with E-state index in [9.17, 15) is 18.4 Å². The Morgan fingerprint density at radius 1 is 0.938 bits per heavy atom. The number of amides is 3. The zero-order valence-corrected chi connectivity index (χ0v) is 18.8. The molecule has 166 valence electrons. The molecule has 2 N–H and O–H groups in total. The van der Waals surface area contributed by atoms with Crippen LogP contribution in [0.25, 0.3) is 0 Å². The molecule has 0 spiro atoms. The van der Waals surface area contributed by atoms with Gasteiger partial charge in [0.1, 0.15) is 28.7 Å². The normalized spacial score (nSPS) is 10.6. The lowest BCUT2D eigenvalue weighted by Gasteiger charge is -2.17. The van der Waals surface area contributed by atoms with Gasteiger partial charge in [-0.2, -0.15) is 0 Å². The smallest absolute Gasteiger partial charge is 0.326 e. The number of urea groups is 1. The number of rotatable bonds is 4. The minimum absolute atomic E-state index is 0.251. The molecule has 0 heterocycles. The molecule has 0 saturated heterocycles. The summed E-state index contributed by atoms with van der Waals surface area (Å²) < 4.78 is 33.5. The van der Waals surface area contributed by atoms with Gasteiger partial charge in [-0.25, -0.2) is 13.6 Å². The highest BCUT2D eigenvalue weighted by molar-refractivity contribution is 6.33. The van der Waals surface area contributed by atoms with Gasteiger partial charge in [0, 0.05) is 10.7 Å². The Balaban J connectivity index is 1.80. The summed E-state index contributed by atoms with van der Waals surface area (Å²) in [6, 6.07) is 8.75. The molecule has 0 atom stereocenters. The summed E-state index contributed by atoms with van der Waals surface area (Å²) in [6.07, 6.45) is 0. The number of carbonyl (C=O) groups is 2. The number of halogens is 4. The Bertz CT molecular complexity index is 1210. The molecule has 0 fully saturated rings. The Hall–Kier alpha value is -3.16. The van der Waals surface area contributed by atoms with Crippen LogP contribution in [0.2, 0.25) is 10.0 Å². The van der Waals surface area contributed by atoms with Crippen molar-refractivity contribution < 1.29 is 23.1 Å². The molecule has 3 rings (SSSR count). The van der Waals surface area contributed by atoms with E-state index in [0.29, 0.717) is 33.3 Å². The zero-order chi connectivity index (χ0) is 23.6. The Morgan fingerprint density at radius 3 is 2.22 bits per heavy atom. The van der Waals surface area contributed by atoms with Crippen molar-refractivity contribution in [2.24, 2.45) is 0 Å². The van der Waals surface area contributed by atoms with Crippen molar-refractivity contribution in [3.05, 3.63) is 86.4 Å². The molecule has 0 aliphatic rings. The van der Waals surface area contributed by atoms with E-state index in [1.165, 1.54) is 0 Å². The number of aryl methyl sites for hydroxylation is 2. The quantitative estimate of drug-likeness (QED) is 0.426. The van der Waals surface area contributed by atoms with Crippen LogP contribution >= 0.6 is 23.2 Å². The van der Waals surface area contributed by atoms with Crippen LogP contribution in [0.3, 0.4) is 0 Å². The molecular weight excluding hydrogens is 461 g/mol. The largest absolute Gasteiger partial charge is 0.455 e. The fourth-order valence-electron chi connectivity index (χ4n) is 2.98. The number of hydrogen-bond acceptors (Lipinski definition) is 3. The van der Waals surface area contributed by atoms with E-state index in [0.717, 1.165) is 23.8 Å². The van der Waals surface area contributed by atoms with Gasteiger partial charge in [0.05, 0.1) is 5.02 Å². The first kappa shape index (κ1) is 23.5. The van der Waals surface area contributed by atoms with Crippen LogP contribution in [-0.4, -0.2) is 11.9 Å². The molecule has 9 heteroatoms. The Kier molecular flexibility index (Phi) is 7.01. The Labute approximate surface area is 193 Å². The summed E-state index contributed by atoms with van der Waals surface area (Å²) in [5.41, 5.74) is 1.34. The average Bonchev–Trinajstić information content (AvgIpc) is 2.70. The summed E-state index contributed by atoms with van der Waals surface area (Å²) in [5, 5.41) is 5.20. The van der Waals surface area contributed by atoms with E-state index in [-0.39, 0.29) is 5.02 Å². The minimum Gasteiger partial charge on any atom is -0.455 e. The van der Waals surface area contributed by atoms with Gasteiger partial charge in [-0.1, -0.05) is 29.3 Å². The van der Waals surface area contributed by atoms with E-state index in [4.69, 9.17) is 27.9 Å².